The first kappa shape index (κ1) is 9.93. The maximum Gasteiger partial charge on any atom is 0.318 e. The second-order valence-electron chi connectivity index (χ2n) is 5.15. The highest BCUT2D eigenvalue weighted by Crippen LogP contribution is 2.39. The molecule has 16 heavy (non-hydrogen) atoms. The number of nitrogens with zero attached hydrogens (tertiary/aromatic N) is 1. The average Bonchev–Trinajstić information content (AvgIpc) is 2.83. The van der Waals surface area contributed by atoms with Gasteiger partial charge < -0.3 is 15.3 Å². The Labute approximate surface area is 93.8 Å². The number of rotatable bonds is 3. The normalized spacial score (nSPS) is 38.1. The first-order valence-electron chi connectivity index (χ1n) is 5.97. The monoisotopic (exact) mass is 224 g/mol. The molecule has 0 aromatic heterocycles. The quantitative estimate of drug-likeness (QED) is 0.739. The van der Waals surface area contributed by atoms with E-state index in [1.54, 1.807) is 4.90 Å². The van der Waals surface area contributed by atoms with Crippen molar-refractivity contribution >= 4 is 12.0 Å². The number of hydrogen-bond acceptors (Lipinski definition) is 2. The second kappa shape index (κ2) is 3.37. The number of amides is 2. The van der Waals surface area contributed by atoms with Gasteiger partial charge in [-0.2, -0.15) is 0 Å². The predicted molar refractivity (Wildman–Crippen MR) is 55.9 cm³/mol. The fourth-order valence-electron chi connectivity index (χ4n) is 2.77. The largest absolute Gasteiger partial charge is 0.481 e. The van der Waals surface area contributed by atoms with Gasteiger partial charge in [-0.05, 0) is 25.2 Å². The SMILES string of the molecule is O=C(O)C1CC1N1CC(C2CCC2)NC1=O. The van der Waals surface area contributed by atoms with Crippen LogP contribution in [0.5, 0.6) is 0 Å². The Morgan fingerprint density at radius 2 is 2.19 bits per heavy atom. The maximum atomic E-state index is 11.7. The lowest BCUT2D eigenvalue weighted by atomic mass is 9.80. The lowest BCUT2D eigenvalue weighted by molar-refractivity contribution is -0.138. The summed E-state index contributed by atoms with van der Waals surface area (Å²) in [4.78, 5) is 24.2. The van der Waals surface area contributed by atoms with Crippen molar-refractivity contribution in [3.63, 3.8) is 0 Å². The van der Waals surface area contributed by atoms with Crippen LogP contribution in [0.3, 0.4) is 0 Å². The molecule has 88 valence electrons. The van der Waals surface area contributed by atoms with E-state index in [1.807, 2.05) is 0 Å². The van der Waals surface area contributed by atoms with Crippen molar-refractivity contribution in [1.29, 1.82) is 0 Å². The summed E-state index contributed by atoms with van der Waals surface area (Å²) in [7, 11) is 0. The Hall–Kier alpha value is -1.26. The van der Waals surface area contributed by atoms with E-state index in [4.69, 9.17) is 5.11 Å². The van der Waals surface area contributed by atoms with Gasteiger partial charge in [-0.15, -0.1) is 0 Å². The molecule has 2 amide bonds. The molecule has 0 bridgehead atoms. The summed E-state index contributed by atoms with van der Waals surface area (Å²) in [6, 6.07) is 0.143. The fraction of sp³-hybridized carbons (Fsp3) is 0.818. The second-order valence-corrected chi connectivity index (χ2v) is 5.15. The number of nitrogens with one attached hydrogen (secondary N) is 1. The van der Waals surface area contributed by atoms with Gasteiger partial charge in [-0.1, -0.05) is 6.42 Å². The first-order chi connectivity index (χ1) is 7.66. The highest BCUT2D eigenvalue weighted by atomic mass is 16.4. The Kier molecular flexibility index (Phi) is 2.09. The van der Waals surface area contributed by atoms with Crippen molar-refractivity contribution in [2.24, 2.45) is 11.8 Å². The van der Waals surface area contributed by atoms with E-state index in [2.05, 4.69) is 5.32 Å². The number of carboxylic acids is 1. The molecule has 1 heterocycles. The minimum absolute atomic E-state index is 0.0532. The van der Waals surface area contributed by atoms with Crippen molar-refractivity contribution in [3.8, 4) is 0 Å². The van der Waals surface area contributed by atoms with Gasteiger partial charge in [-0.3, -0.25) is 4.79 Å². The van der Waals surface area contributed by atoms with Crippen LogP contribution in [0.2, 0.25) is 0 Å². The van der Waals surface area contributed by atoms with Gasteiger partial charge in [0.2, 0.25) is 0 Å². The van der Waals surface area contributed by atoms with E-state index in [0.29, 0.717) is 18.9 Å². The lowest BCUT2D eigenvalue weighted by Gasteiger charge is -2.30. The van der Waals surface area contributed by atoms with E-state index in [9.17, 15) is 9.59 Å². The van der Waals surface area contributed by atoms with E-state index in [1.165, 1.54) is 19.3 Å². The van der Waals surface area contributed by atoms with Gasteiger partial charge in [0.05, 0.1) is 12.0 Å². The number of aliphatic carboxylic acids is 1. The van der Waals surface area contributed by atoms with Gasteiger partial charge in [0.25, 0.3) is 0 Å². The zero-order valence-corrected chi connectivity index (χ0v) is 9.06. The van der Waals surface area contributed by atoms with Crippen LogP contribution in [0.1, 0.15) is 25.7 Å². The molecular weight excluding hydrogens is 208 g/mol. The number of hydrogen-bond donors (Lipinski definition) is 2. The Morgan fingerprint density at radius 3 is 2.69 bits per heavy atom. The van der Waals surface area contributed by atoms with Crippen LogP contribution in [-0.4, -0.2) is 40.6 Å². The standard InChI is InChI=1S/C11H16N2O3/c14-10(15)7-4-9(7)13-5-8(12-11(13)16)6-2-1-3-6/h6-9H,1-5H2,(H,12,16)(H,14,15). The molecule has 3 unspecified atom stereocenters. The molecule has 3 rings (SSSR count). The van der Waals surface area contributed by atoms with Crippen molar-refractivity contribution < 1.29 is 14.7 Å². The van der Waals surface area contributed by atoms with Crippen LogP contribution in [-0.2, 0) is 4.79 Å². The van der Waals surface area contributed by atoms with Gasteiger partial charge >= 0.3 is 12.0 Å². The van der Waals surface area contributed by atoms with Gasteiger partial charge in [0.1, 0.15) is 0 Å². The summed E-state index contributed by atoms with van der Waals surface area (Å²) in [6.45, 7) is 0.706. The third kappa shape index (κ3) is 1.45. The number of urea groups is 1. The van der Waals surface area contributed by atoms with Crippen LogP contribution in [0, 0.1) is 11.8 Å². The molecule has 5 heteroatoms. The summed E-state index contributed by atoms with van der Waals surface area (Å²) >= 11 is 0. The molecule has 3 atom stereocenters. The molecule has 2 aliphatic carbocycles. The van der Waals surface area contributed by atoms with E-state index in [0.717, 1.165) is 0 Å². The highest BCUT2D eigenvalue weighted by Gasteiger charge is 2.52. The predicted octanol–water partition coefficient (Wildman–Crippen LogP) is 0.653. The van der Waals surface area contributed by atoms with E-state index < -0.39 is 5.97 Å². The van der Waals surface area contributed by atoms with Crippen molar-refractivity contribution in [2.45, 2.75) is 37.8 Å². The number of carbonyl (C=O) groups excluding carboxylic acids is 1. The molecule has 5 nitrogen and oxygen atoms in total. The molecule has 3 aliphatic rings. The minimum atomic E-state index is -0.773. The molecule has 2 N–H and O–H groups in total. The third-order valence-corrected chi connectivity index (χ3v) is 4.16. The van der Waals surface area contributed by atoms with Gasteiger partial charge in [0.15, 0.2) is 0 Å². The zero-order valence-electron chi connectivity index (χ0n) is 9.06. The average molecular weight is 224 g/mol. The molecule has 0 aromatic carbocycles. The summed E-state index contributed by atoms with van der Waals surface area (Å²) in [6.07, 6.45) is 4.29. The van der Waals surface area contributed by atoms with Crippen LogP contribution in [0.4, 0.5) is 4.79 Å². The summed E-state index contributed by atoms with van der Waals surface area (Å²) in [5.74, 6) is -0.480. The zero-order chi connectivity index (χ0) is 11.3. The number of carbonyl (C=O) groups is 2. The maximum absolute atomic E-state index is 11.7. The van der Waals surface area contributed by atoms with Crippen LogP contribution < -0.4 is 5.32 Å². The molecule has 0 radical (unpaired) electrons. The molecule has 1 saturated heterocycles. The van der Waals surface area contributed by atoms with Crippen LogP contribution in [0.25, 0.3) is 0 Å². The topological polar surface area (TPSA) is 69.6 Å². The first-order valence-corrected chi connectivity index (χ1v) is 5.97. The van der Waals surface area contributed by atoms with Crippen molar-refractivity contribution in [3.05, 3.63) is 0 Å². The summed E-state index contributed by atoms with van der Waals surface area (Å²) in [5.41, 5.74) is 0. The van der Waals surface area contributed by atoms with Crippen LogP contribution in [0.15, 0.2) is 0 Å². The molecular formula is C11H16N2O3. The van der Waals surface area contributed by atoms with Gasteiger partial charge in [-0.25, -0.2) is 4.79 Å². The summed E-state index contributed by atoms with van der Waals surface area (Å²) < 4.78 is 0. The Bertz CT molecular complexity index is 340. The number of carboxylic acid groups (broad SMARTS) is 1. The van der Waals surface area contributed by atoms with Crippen LogP contribution >= 0.6 is 0 Å². The molecule has 1 aliphatic heterocycles. The highest BCUT2D eigenvalue weighted by molar-refractivity contribution is 5.81. The molecule has 2 saturated carbocycles. The van der Waals surface area contributed by atoms with Crippen molar-refractivity contribution in [1.82, 2.24) is 10.2 Å². The van der Waals surface area contributed by atoms with E-state index in [-0.39, 0.29) is 24.0 Å². The summed E-state index contributed by atoms with van der Waals surface area (Å²) in [5, 5.41) is 11.8. The fourth-order valence-corrected chi connectivity index (χ4v) is 2.77. The third-order valence-electron chi connectivity index (χ3n) is 4.16. The smallest absolute Gasteiger partial charge is 0.318 e. The molecule has 0 aromatic rings. The minimum Gasteiger partial charge on any atom is -0.481 e. The molecule has 3 fully saturated rings. The van der Waals surface area contributed by atoms with Crippen molar-refractivity contribution in [2.75, 3.05) is 6.54 Å². The van der Waals surface area contributed by atoms with Gasteiger partial charge in [0, 0.05) is 12.6 Å². The lowest BCUT2D eigenvalue weighted by Crippen LogP contribution is -2.37. The van der Waals surface area contributed by atoms with E-state index >= 15 is 0 Å². The molecule has 0 spiro atoms. The Morgan fingerprint density at radius 1 is 1.44 bits per heavy atom. The Balaban J connectivity index is 1.61.